The van der Waals surface area contributed by atoms with E-state index >= 15 is 0 Å². The number of esters is 1. The predicted octanol–water partition coefficient (Wildman–Crippen LogP) is 1.36. The quantitative estimate of drug-likeness (QED) is 0.640. The number of halogens is 1. The van der Waals surface area contributed by atoms with E-state index in [4.69, 9.17) is 35.3 Å². The molecule has 3 aliphatic carbocycles. The van der Waals surface area contributed by atoms with Crippen molar-refractivity contribution in [3.05, 3.63) is 23.2 Å². The number of amides is 1. The van der Waals surface area contributed by atoms with Gasteiger partial charge in [-0.05, 0) is 19.8 Å². The molecule has 3 heterocycles. The summed E-state index contributed by atoms with van der Waals surface area (Å²) >= 11 is 6.11. The second kappa shape index (κ2) is 7.88. The van der Waals surface area contributed by atoms with Crippen LogP contribution in [-0.4, -0.2) is 66.5 Å². The van der Waals surface area contributed by atoms with Gasteiger partial charge >= 0.3 is 5.97 Å². The first-order chi connectivity index (χ1) is 15.4. The molecule has 174 valence electrons. The van der Waals surface area contributed by atoms with Crippen LogP contribution in [0.25, 0.3) is 0 Å². The Morgan fingerprint density at radius 2 is 1.56 bits per heavy atom. The zero-order chi connectivity index (χ0) is 22.5. The van der Waals surface area contributed by atoms with Gasteiger partial charge in [0.25, 0.3) is 0 Å². The Balaban J connectivity index is 1.51. The number of nitrogens with one attached hydrogen (secondary N) is 1. The van der Waals surface area contributed by atoms with Crippen molar-refractivity contribution in [3.8, 4) is 0 Å². The fourth-order valence-corrected chi connectivity index (χ4v) is 5.99. The molecular weight excluding hydrogens is 442 g/mol. The summed E-state index contributed by atoms with van der Waals surface area (Å²) in [5, 5.41) is 3.16. The SMILES string of the molecule is CCOC(=O)C12CCC(C(=O)NCc3nccnc3Cl)(CC13OCCO3)C1(C2)OCCO1. The van der Waals surface area contributed by atoms with Crippen LogP contribution in [-0.2, 0) is 39.8 Å². The number of hydrogen-bond donors (Lipinski definition) is 1. The first kappa shape index (κ1) is 22.0. The third-order valence-electron chi connectivity index (χ3n) is 7.25. The minimum Gasteiger partial charge on any atom is -0.465 e. The second-order valence-electron chi connectivity index (χ2n) is 8.61. The van der Waals surface area contributed by atoms with Crippen molar-refractivity contribution in [2.24, 2.45) is 10.8 Å². The van der Waals surface area contributed by atoms with E-state index < -0.39 is 28.4 Å². The van der Waals surface area contributed by atoms with Crippen molar-refractivity contribution >= 4 is 23.5 Å². The van der Waals surface area contributed by atoms with Gasteiger partial charge in [0.1, 0.15) is 10.8 Å². The summed E-state index contributed by atoms with van der Waals surface area (Å²) in [7, 11) is 0. The molecule has 5 fully saturated rings. The summed E-state index contributed by atoms with van der Waals surface area (Å²) in [4.78, 5) is 35.2. The van der Waals surface area contributed by atoms with Crippen molar-refractivity contribution in [1.82, 2.24) is 15.3 Å². The van der Waals surface area contributed by atoms with E-state index in [0.29, 0.717) is 45.0 Å². The fraction of sp³-hybridized carbons (Fsp3) is 0.714. The van der Waals surface area contributed by atoms with E-state index in [-0.39, 0.29) is 37.1 Å². The maximum absolute atomic E-state index is 13.8. The van der Waals surface area contributed by atoms with Crippen LogP contribution in [0.4, 0.5) is 0 Å². The van der Waals surface area contributed by atoms with Gasteiger partial charge < -0.3 is 29.0 Å². The lowest BCUT2D eigenvalue weighted by Gasteiger charge is -2.64. The summed E-state index contributed by atoms with van der Waals surface area (Å²) in [5.74, 6) is -3.22. The molecule has 10 nitrogen and oxygen atoms in total. The van der Waals surface area contributed by atoms with Crippen LogP contribution < -0.4 is 5.32 Å². The molecule has 1 aromatic heterocycles. The fourth-order valence-electron chi connectivity index (χ4n) is 5.82. The van der Waals surface area contributed by atoms with E-state index in [1.165, 1.54) is 12.4 Å². The highest BCUT2D eigenvalue weighted by Crippen LogP contribution is 2.70. The van der Waals surface area contributed by atoms with Gasteiger partial charge in [-0.3, -0.25) is 14.6 Å². The number of carbonyl (C=O) groups is 2. The van der Waals surface area contributed by atoms with Crippen molar-refractivity contribution in [2.45, 2.75) is 50.7 Å². The summed E-state index contributed by atoms with van der Waals surface area (Å²) in [5.41, 5.74) is -1.77. The Hall–Kier alpha value is -1.85. The molecular formula is C21H26ClN3O7. The average molecular weight is 468 g/mol. The number of nitrogens with zero attached hydrogens (tertiary/aromatic N) is 2. The molecule has 2 atom stereocenters. The van der Waals surface area contributed by atoms with E-state index in [2.05, 4.69) is 15.3 Å². The Labute approximate surface area is 190 Å². The van der Waals surface area contributed by atoms with Gasteiger partial charge in [0.05, 0.1) is 45.3 Å². The Kier molecular flexibility index (Phi) is 5.41. The molecule has 3 saturated carbocycles. The van der Waals surface area contributed by atoms with E-state index in [1.807, 2.05) is 0 Å². The van der Waals surface area contributed by atoms with Crippen LogP contribution in [0, 0.1) is 10.8 Å². The molecule has 1 amide bonds. The molecule has 11 heteroatoms. The Morgan fingerprint density at radius 3 is 2.19 bits per heavy atom. The van der Waals surface area contributed by atoms with Gasteiger partial charge in [0, 0.05) is 25.2 Å². The molecule has 2 spiro atoms. The van der Waals surface area contributed by atoms with E-state index in [9.17, 15) is 9.59 Å². The second-order valence-corrected chi connectivity index (χ2v) is 8.97. The highest BCUT2D eigenvalue weighted by atomic mass is 35.5. The normalized spacial score (nSPS) is 31.8. The number of ether oxygens (including phenoxy) is 5. The molecule has 2 bridgehead atoms. The summed E-state index contributed by atoms with van der Waals surface area (Å²) in [6.07, 6.45) is 3.97. The molecule has 0 aromatic carbocycles. The van der Waals surface area contributed by atoms with Crippen LogP contribution in [0.5, 0.6) is 0 Å². The first-order valence-corrected chi connectivity index (χ1v) is 11.3. The zero-order valence-corrected chi connectivity index (χ0v) is 18.6. The molecule has 32 heavy (non-hydrogen) atoms. The van der Waals surface area contributed by atoms with Gasteiger partial charge in [0.2, 0.25) is 5.91 Å². The van der Waals surface area contributed by atoms with Gasteiger partial charge in [-0.25, -0.2) is 4.98 Å². The van der Waals surface area contributed by atoms with Gasteiger partial charge in [-0.2, -0.15) is 0 Å². The van der Waals surface area contributed by atoms with Gasteiger partial charge in [-0.1, -0.05) is 11.6 Å². The molecule has 6 rings (SSSR count). The monoisotopic (exact) mass is 467 g/mol. The van der Waals surface area contributed by atoms with Crippen LogP contribution in [0.15, 0.2) is 12.4 Å². The zero-order valence-electron chi connectivity index (χ0n) is 17.9. The maximum Gasteiger partial charge on any atom is 0.317 e. The van der Waals surface area contributed by atoms with Crippen molar-refractivity contribution in [1.29, 1.82) is 0 Å². The van der Waals surface area contributed by atoms with Crippen LogP contribution in [0.1, 0.15) is 38.3 Å². The van der Waals surface area contributed by atoms with Gasteiger partial charge in [-0.15, -0.1) is 0 Å². The number of carbonyl (C=O) groups excluding carboxylic acids is 2. The smallest absolute Gasteiger partial charge is 0.317 e. The highest BCUT2D eigenvalue weighted by Gasteiger charge is 2.81. The molecule has 1 N–H and O–H groups in total. The number of fused-ring (bicyclic) bond motifs is 1. The lowest BCUT2D eigenvalue weighted by atomic mass is 9.47. The molecule has 2 saturated heterocycles. The van der Waals surface area contributed by atoms with E-state index in [1.54, 1.807) is 6.92 Å². The van der Waals surface area contributed by atoms with Crippen LogP contribution in [0.3, 0.4) is 0 Å². The van der Waals surface area contributed by atoms with Crippen LogP contribution >= 0.6 is 11.6 Å². The minimum absolute atomic E-state index is 0.0983. The number of rotatable bonds is 5. The highest BCUT2D eigenvalue weighted by molar-refractivity contribution is 6.30. The topological polar surface area (TPSA) is 118 Å². The van der Waals surface area contributed by atoms with Crippen LogP contribution in [0.2, 0.25) is 5.15 Å². The summed E-state index contributed by atoms with van der Waals surface area (Å²) in [6, 6.07) is 0. The Morgan fingerprint density at radius 1 is 1.00 bits per heavy atom. The largest absolute Gasteiger partial charge is 0.465 e. The third kappa shape index (κ3) is 2.93. The van der Waals surface area contributed by atoms with Crippen molar-refractivity contribution in [3.63, 3.8) is 0 Å². The van der Waals surface area contributed by atoms with E-state index in [0.717, 1.165) is 0 Å². The minimum atomic E-state index is -1.27. The number of aromatic nitrogens is 2. The number of hydrogen-bond acceptors (Lipinski definition) is 9. The standard InChI is InChI=1S/C21H26ClN3O7/c1-2-28-17(27)19-4-3-18(12-21(19)31-9-10-32-21,20(13-19)29-7-8-30-20)16(26)25-11-14-15(22)24-6-5-23-14/h5-6H,2-4,7-13H2,1H3,(H,25,26). The molecule has 5 aliphatic rings. The summed E-state index contributed by atoms with van der Waals surface area (Å²) in [6.45, 7) is 3.43. The molecule has 1 aromatic rings. The Bertz CT molecular complexity index is 918. The van der Waals surface area contributed by atoms with Crippen molar-refractivity contribution in [2.75, 3.05) is 33.0 Å². The lowest BCUT2D eigenvalue weighted by Crippen LogP contribution is -2.76. The lowest BCUT2D eigenvalue weighted by molar-refractivity contribution is -0.373. The molecule has 2 unspecified atom stereocenters. The third-order valence-corrected chi connectivity index (χ3v) is 7.57. The van der Waals surface area contributed by atoms with Crippen molar-refractivity contribution < 1.29 is 33.3 Å². The molecule has 2 aliphatic heterocycles. The van der Waals surface area contributed by atoms with Gasteiger partial charge in [0.15, 0.2) is 16.7 Å². The molecule has 0 radical (unpaired) electrons. The first-order valence-electron chi connectivity index (χ1n) is 10.9. The maximum atomic E-state index is 13.8. The summed E-state index contributed by atoms with van der Waals surface area (Å²) < 4.78 is 29.9. The average Bonchev–Trinajstić information content (AvgIpc) is 3.45. The predicted molar refractivity (Wildman–Crippen MR) is 108 cm³/mol.